The van der Waals surface area contributed by atoms with Crippen molar-refractivity contribution in [2.45, 2.75) is 19.3 Å². The average Bonchev–Trinajstić information content (AvgIpc) is 1.78. The van der Waals surface area contributed by atoms with E-state index in [1.807, 2.05) is 0 Å². The highest BCUT2D eigenvalue weighted by Crippen LogP contribution is 2.00. The average molecular weight is 278 g/mol. The summed E-state index contributed by atoms with van der Waals surface area (Å²) in [4.78, 5) is 0. The van der Waals surface area contributed by atoms with Crippen LogP contribution in [0, 0.1) is 0 Å². The molecule has 0 amide bonds. The summed E-state index contributed by atoms with van der Waals surface area (Å²) in [6.07, 6.45) is 2.47. The van der Waals surface area contributed by atoms with Crippen molar-refractivity contribution >= 4 is 32.7 Å². The van der Waals surface area contributed by atoms with Crippen LogP contribution in [0.2, 0.25) is 0 Å². The molecule has 3 nitrogen and oxygen atoms in total. The Morgan fingerprint density at radius 1 is 1.20 bits per heavy atom. The highest BCUT2D eigenvalue weighted by Gasteiger charge is 2.01. The third-order valence-electron chi connectivity index (χ3n) is 1.04. The number of halogens is 1. The van der Waals surface area contributed by atoms with Crippen molar-refractivity contribution in [1.82, 2.24) is 0 Å². The Kier molecular flexibility index (Phi) is 5.65. The maximum Gasteiger partial charge on any atom is 0.264 e. The zero-order valence-electron chi connectivity index (χ0n) is 5.59. The Hall–Kier alpha value is 0.640. The van der Waals surface area contributed by atoms with Crippen molar-refractivity contribution < 1.29 is 13.0 Å². The monoisotopic (exact) mass is 278 g/mol. The van der Waals surface area contributed by atoms with Gasteiger partial charge in [0, 0.05) is 0 Å². The maximum absolute atomic E-state index is 10.1. The van der Waals surface area contributed by atoms with Crippen LogP contribution in [0.3, 0.4) is 0 Å². The fourth-order valence-corrected chi connectivity index (χ4v) is 1.66. The van der Waals surface area contributed by atoms with Crippen LogP contribution >= 0.6 is 22.6 Å². The van der Waals surface area contributed by atoms with Gasteiger partial charge in [-0.1, -0.05) is 29.0 Å². The summed E-state index contributed by atoms with van der Waals surface area (Å²) in [6.45, 7) is 0. The number of hydrogen-bond donors (Lipinski definition) is 1. The predicted molar refractivity (Wildman–Crippen MR) is 49.2 cm³/mol. The molecule has 0 radical (unpaired) electrons. The normalized spacial score (nSPS) is 11.8. The van der Waals surface area contributed by atoms with Gasteiger partial charge in [-0.3, -0.25) is 4.55 Å². The van der Waals surface area contributed by atoms with Crippen LogP contribution in [-0.2, 0) is 10.1 Å². The van der Waals surface area contributed by atoms with Crippen LogP contribution < -0.4 is 0 Å². The van der Waals surface area contributed by atoms with Crippen LogP contribution in [-0.4, -0.2) is 23.2 Å². The Bertz CT molecular complexity index is 164. The van der Waals surface area contributed by atoms with Crippen LogP contribution in [0.15, 0.2) is 0 Å². The quantitative estimate of drug-likeness (QED) is 0.359. The van der Waals surface area contributed by atoms with Crippen molar-refractivity contribution in [3.63, 3.8) is 0 Å². The molecule has 62 valence electrons. The standard InChI is InChI=1S/C5H11IO3S/c6-4-2-1-3-5-10(7,8)9/h1-5H2,(H,7,8,9). The first-order chi connectivity index (χ1) is 4.56. The predicted octanol–water partition coefficient (Wildman–Crippen LogP) is 1.48. The fourth-order valence-electron chi connectivity index (χ4n) is 0.556. The molecule has 1 N–H and O–H groups in total. The summed E-state index contributed by atoms with van der Waals surface area (Å²) in [6, 6.07) is 0. The van der Waals surface area contributed by atoms with Crippen LogP contribution in [0.25, 0.3) is 0 Å². The molecule has 0 aromatic rings. The zero-order chi connectivity index (χ0) is 8.04. The van der Waals surface area contributed by atoms with E-state index in [0.29, 0.717) is 6.42 Å². The second kappa shape index (κ2) is 5.31. The molecule has 5 heteroatoms. The number of alkyl halides is 1. The number of hydrogen-bond acceptors (Lipinski definition) is 2. The first-order valence-corrected chi connectivity index (χ1v) is 6.21. The van der Waals surface area contributed by atoms with Crippen molar-refractivity contribution in [3.8, 4) is 0 Å². The molecule has 0 aromatic carbocycles. The molecular weight excluding hydrogens is 267 g/mol. The molecule has 0 heterocycles. The van der Waals surface area contributed by atoms with E-state index in [2.05, 4.69) is 22.6 Å². The molecule has 0 aliphatic carbocycles. The second-order valence-corrected chi connectivity index (χ2v) is 4.69. The highest BCUT2D eigenvalue weighted by atomic mass is 127. The van der Waals surface area contributed by atoms with Gasteiger partial charge in [0.2, 0.25) is 0 Å². The molecule has 0 aliphatic rings. The highest BCUT2D eigenvalue weighted by molar-refractivity contribution is 14.1. The zero-order valence-corrected chi connectivity index (χ0v) is 8.56. The third-order valence-corrected chi connectivity index (χ3v) is 2.60. The van der Waals surface area contributed by atoms with Crippen molar-refractivity contribution in [2.24, 2.45) is 0 Å². The van der Waals surface area contributed by atoms with Gasteiger partial charge in [0.05, 0.1) is 5.75 Å². The molecular formula is C5H11IO3S. The third kappa shape index (κ3) is 8.64. The van der Waals surface area contributed by atoms with Gasteiger partial charge in [0.15, 0.2) is 0 Å². The van der Waals surface area contributed by atoms with E-state index in [1.165, 1.54) is 0 Å². The molecule has 0 unspecified atom stereocenters. The molecule has 10 heavy (non-hydrogen) atoms. The largest absolute Gasteiger partial charge is 0.286 e. The van der Waals surface area contributed by atoms with Gasteiger partial charge < -0.3 is 0 Å². The van der Waals surface area contributed by atoms with Gasteiger partial charge in [0.1, 0.15) is 0 Å². The lowest BCUT2D eigenvalue weighted by atomic mass is 10.3. The fraction of sp³-hybridized carbons (Fsp3) is 1.00. The maximum atomic E-state index is 10.1. The Morgan fingerprint density at radius 3 is 2.20 bits per heavy atom. The van der Waals surface area contributed by atoms with Crippen molar-refractivity contribution in [3.05, 3.63) is 0 Å². The van der Waals surface area contributed by atoms with Crippen LogP contribution in [0.5, 0.6) is 0 Å². The van der Waals surface area contributed by atoms with E-state index in [4.69, 9.17) is 4.55 Å². The molecule has 0 fully saturated rings. The summed E-state index contributed by atoms with van der Waals surface area (Å²) >= 11 is 2.24. The summed E-state index contributed by atoms with van der Waals surface area (Å²) in [5.41, 5.74) is 0. The van der Waals surface area contributed by atoms with E-state index in [-0.39, 0.29) is 5.75 Å². The molecule has 0 bridgehead atoms. The van der Waals surface area contributed by atoms with Gasteiger partial charge in [-0.15, -0.1) is 0 Å². The van der Waals surface area contributed by atoms with Crippen molar-refractivity contribution in [1.29, 1.82) is 0 Å². The molecule has 0 aromatic heterocycles. The summed E-state index contributed by atoms with van der Waals surface area (Å²) in [7, 11) is -3.71. The van der Waals surface area contributed by atoms with Crippen LogP contribution in [0.1, 0.15) is 19.3 Å². The smallest absolute Gasteiger partial charge is 0.264 e. The van der Waals surface area contributed by atoms with E-state index in [0.717, 1.165) is 17.3 Å². The van der Waals surface area contributed by atoms with Gasteiger partial charge in [-0.05, 0) is 17.3 Å². The Balaban J connectivity index is 3.21. The molecule has 0 spiro atoms. The molecule has 0 atom stereocenters. The lowest BCUT2D eigenvalue weighted by molar-refractivity contribution is 0.480. The minimum Gasteiger partial charge on any atom is -0.286 e. The molecule has 0 rings (SSSR count). The Morgan fingerprint density at radius 2 is 1.80 bits per heavy atom. The van der Waals surface area contributed by atoms with Crippen LogP contribution in [0.4, 0.5) is 0 Å². The molecule has 0 saturated carbocycles. The number of unbranched alkanes of at least 4 members (excludes halogenated alkanes) is 2. The summed E-state index contributed by atoms with van der Waals surface area (Å²) < 4.78 is 29.6. The lowest BCUT2D eigenvalue weighted by Crippen LogP contribution is -2.03. The summed E-state index contributed by atoms with van der Waals surface area (Å²) in [5, 5.41) is 0. The topological polar surface area (TPSA) is 54.4 Å². The summed E-state index contributed by atoms with van der Waals surface area (Å²) in [5.74, 6) is -0.0936. The van der Waals surface area contributed by atoms with Gasteiger partial charge in [0.25, 0.3) is 10.1 Å². The van der Waals surface area contributed by atoms with Gasteiger partial charge in [-0.25, -0.2) is 0 Å². The SMILES string of the molecule is O=S(=O)(O)CCCCCI. The van der Waals surface area contributed by atoms with Crippen molar-refractivity contribution in [2.75, 3.05) is 10.2 Å². The first kappa shape index (κ1) is 10.6. The minimum absolute atomic E-state index is 0.0936. The minimum atomic E-state index is -3.71. The lowest BCUT2D eigenvalue weighted by Gasteiger charge is -1.94. The Labute approximate surface area is 75.1 Å². The number of rotatable bonds is 5. The second-order valence-electron chi connectivity index (χ2n) is 2.04. The van der Waals surface area contributed by atoms with Gasteiger partial charge >= 0.3 is 0 Å². The van der Waals surface area contributed by atoms with E-state index in [9.17, 15) is 8.42 Å². The van der Waals surface area contributed by atoms with E-state index < -0.39 is 10.1 Å². The van der Waals surface area contributed by atoms with Gasteiger partial charge in [-0.2, -0.15) is 8.42 Å². The van der Waals surface area contributed by atoms with E-state index >= 15 is 0 Å². The molecule has 0 saturated heterocycles. The van der Waals surface area contributed by atoms with E-state index in [1.54, 1.807) is 0 Å². The molecule has 0 aliphatic heterocycles. The first-order valence-electron chi connectivity index (χ1n) is 3.07.